The van der Waals surface area contributed by atoms with E-state index < -0.39 is 18.4 Å². The first-order chi connectivity index (χ1) is 14.7. The molecular formula is C27H45N2Sn+. The van der Waals surface area contributed by atoms with Gasteiger partial charge in [-0.25, -0.2) is 0 Å². The second kappa shape index (κ2) is 14.9. The zero-order valence-corrected chi connectivity index (χ0v) is 22.7. The number of rotatable bonds is 16. The van der Waals surface area contributed by atoms with E-state index in [0.717, 1.165) is 6.54 Å². The van der Waals surface area contributed by atoms with Gasteiger partial charge < -0.3 is 0 Å². The predicted octanol–water partition coefficient (Wildman–Crippen LogP) is 7.66. The van der Waals surface area contributed by atoms with Gasteiger partial charge in [-0.15, -0.1) is 0 Å². The van der Waals surface area contributed by atoms with Crippen LogP contribution in [-0.4, -0.2) is 22.9 Å². The van der Waals surface area contributed by atoms with Crippen molar-refractivity contribution >= 4 is 24.5 Å². The summed E-state index contributed by atoms with van der Waals surface area (Å²) in [5.41, 5.74) is 1.39. The number of aromatic nitrogens is 2. The van der Waals surface area contributed by atoms with Gasteiger partial charge in [-0.1, -0.05) is 0 Å². The Balaban J connectivity index is 1.87. The molecule has 2 rings (SSSR count). The summed E-state index contributed by atoms with van der Waals surface area (Å²) in [6.45, 7) is 9.16. The summed E-state index contributed by atoms with van der Waals surface area (Å²) in [6, 6.07) is 11.0. The molecule has 0 radical (unpaired) electrons. The first-order valence-electron chi connectivity index (χ1n) is 12.5. The third kappa shape index (κ3) is 9.41. The van der Waals surface area contributed by atoms with Crippen LogP contribution in [0.4, 0.5) is 0 Å². The van der Waals surface area contributed by atoms with E-state index in [1.54, 1.807) is 13.3 Å². The summed E-state index contributed by atoms with van der Waals surface area (Å²) in [5, 5.41) is 0. The van der Waals surface area contributed by atoms with Crippen molar-refractivity contribution in [3.05, 3.63) is 58.7 Å². The Labute approximate surface area is 190 Å². The van der Waals surface area contributed by atoms with E-state index in [9.17, 15) is 0 Å². The molecule has 3 heteroatoms. The van der Waals surface area contributed by atoms with E-state index in [-0.39, 0.29) is 0 Å². The van der Waals surface area contributed by atoms with Gasteiger partial charge in [0.05, 0.1) is 0 Å². The minimum absolute atomic E-state index is 1.06. The Morgan fingerprint density at radius 1 is 0.833 bits per heavy atom. The van der Waals surface area contributed by atoms with Gasteiger partial charge in [-0.05, 0) is 0 Å². The third-order valence-electron chi connectivity index (χ3n) is 6.44. The molecule has 0 bridgehead atoms. The van der Waals surface area contributed by atoms with Crippen molar-refractivity contribution in [3.8, 4) is 0 Å². The van der Waals surface area contributed by atoms with Crippen molar-refractivity contribution in [2.75, 3.05) is 0 Å². The maximum atomic E-state index is 2.79. The molecule has 0 unspecified atom stereocenters. The number of hydrogen-bond acceptors (Lipinski definition) is 0. The first-order valence-corrected chi connectivity index (χ1v) is 20.2. The van der Waals surface area contributed by atoms with Gasteiger partial charge in [-0.2, -0.15) is 0 Å². The van der Waals surface area contributed by atoms with Crippen LogP contribution in [0.15, 0.2) is 53.1 Å². The SMILES string of the molecule is CCC[CH2][Sn](/[CH]=C/c1ccccc1)([CH2]CCC)[CH2]CCCCC[n+]1ccn(CC)c1. The Bertz CT molecular complexity index is 697. The van der Waals surface area contributed by atoms with Crippen LogP contribution in [0.3, 0.4) is 0 Å². The van der Waals surface area contributed by atoms with E-state index in [1.165, 1.54) is 63.5 Å². The molecule has 0 saturated carbocycles. The molecule has 0 aliphatic rings. The molecule has 0 spiro atoms. The number of benzene rings is 1. The van der Waals surface area contributed by atoms with Crippen LogP contribution < -0.4 is 4.57 Å². The van der Waals surface area contributed by atoms with Crippen LogP contribution in [0.1, 0.15) is 77.7 Å². The van der Waals surface area contributed by atoms with Gasteiger partial charge >= 0.3 is 191 Å². The van der Waals surface area contributed by atoms with Gasteiger partial charge in [0.1, 0.15) is 0 Å². The average Bonchev–Trinajstić information content (AvgIpc) is 3.25. The number of aryl methyl sites for hydroxylation is 2. The first kappa shape index (κ1) is 25.2. The van der Waals surface area contributed by atoms with Gasteiger partial charge in [-0.3, -0.25) is 0 Å². The van der Waals surface area contributed by atoms with Crippen LogP contribution in [0, 0.1) is 0 Å². The quantitative estimate of drug-likeness (QED) is 0.123. The van der Waals surface area contributed by atoms with E-state index in [1.807, 2.05) is 0 Å². The Morgan fingerprint density at radius 2 is 1.50 bits per heavy atom. The molecule has 2 aromatic rings. The zero-order chi connectivity index (χ0) is 21.5. The van der Waals surface area contributed by atoms with Crippen molar-refractivity contribution < 1.29 is 4.57 Å². The molecule has 30 heavy (non-hydrogen) atoms. The molecule has 1 aromatic carbocycles. The predicted molar refractivity (Wildman–Crippen MR) is 134 cm³/mol. The fraction of sp³-hybridized carbons (Fsp3) is 0.593. The fourth-order valence-corrected chi connectivity index (χ4v) is 18.3. The fourth-order valence-electron chi connectivity index (χ4n) is 4.40. The van der Waals surface area contributed by atoms with E-state index in [0.29, 0.717) is 0 Å². The van der Waals surface area contributed by atoms with Crippen LogP contribution in [-0.2, 0) is 13.1 Å². The van der Waals surface area contributed by atoms with Gasteiger partial charge in [0.15, 0.2) is 0 Å². The van der Waals surface area contributed by atoms with Crippen molar-refractivity contribution in [2.24, 2.45) is 0 Å². The second-order valence-corrected chi connectivity index (χ2v) is 22.0. The molecule has 2 nitrogen and oxygen atoms in total. The Hall–Kier alpha value is -1.03. The summed E-state index contributed by atoms with van der Waals surface area (Å²) >= 11 is -2.22. The molecule has 0 fully saturated rings. The molecule has 0 N–H and O–H groups in total. The van der Waals surface area contributed by atoms with E-state index in [2.05, 4.69) is 89.1 Å². The molecule has 1 aromatic heterocycles. The second-order valence-electron chi connectivity index (χ2n) is 8.96. The van der Waals surface area contributed by atoms with Crippen molar-refractivity contribution in [1.29, 1.82) is 0 Å². The maximum absolute atomic E-state index is 2.79. The van der Waals surface area contributed by atoms with Gasteiger partial charge in [0.25, 0.3) is 0 Å². The monoisotopic (exact) mass is 517 g/mol. The Morgan fingerprint density at radius 3 is 2.13 bits per heavy atom. The third-order valence-corrected chi connectivity index (χ3v) is 20.5. The normalized spacial score (nSPS) is 12.1. The molecule has 0 atom stereocenters. The standard InChI is InChI=1S/C11H20N2.C8H7.2C4H9.Sn/c1-3-5-6-7-8-13-10-9-12(4-2)11-13;1-2-8-6-4-3-5-7-8;2*1-3-4-2;/h9-11H,1,3-8H2,2H3;1-7H;2*1,3-4H2,2H3;/q+1;;;;. The number of unbranched alkanes of at least 4 members (excludes halogenated alkanes) is 5. The molecule has 0 aliphatic carbocycles. The molecule has 0 aliphatic heterocycles. The van der Waals surface area contributed by atoms with Crippen molar-refractivity contribution in [2.45, 2.75) is 98.5 Å². The molecule has 1 heterocycles. The van der Waals surface area contributed by atoms with Crippen molar-refractivity contribution in [1.82, 2.24) is 4.57 Å². The summed E-state index contributed by atoms with van der Waals surface area (Å²) in [7, 11) is 0. The van der Waals surface area contributed by atoms with Gasteiger partial charge in [0.2, 0.25) is 0 Å². The molecule has 166 valence electrons. The van der Waals surface area contributed by atoms with E-state index in [4.69, 9.17) is 0 Å². The zero-order valence-electron chi connectivity index (χ0n) is 19.9. The summed E-state index contributed by atoms with van der Waals surface area (Å²) in [6.07, 6.45) is 20.2. The van der Waals surface area contributed by atoms with Crippen LogP contribution in [0.25, 0.3) is 6.08 Å². The van der Waals surface area contributed by atoms with Crippen molar-refractivity contribution in [3.63, 3.8) is 0 Å². The molecular weight excluding hydrogens is 471 g/mol. The van der Waals surface area contributed by atoms with Crippen LogP contribution in [0.2, 0.25) is 13.3 Å². The van der Waals surface area contributed by atoms with E-state index >= 15 is 0 Å². The number of hydrogen-bond donors (Lipinski definition) is 0. The minimum atomic E-state index is -2.22. The Kier molecular flexibility index (Phi) is 12.5. The van der Waals surface area contributed by atoms with Crippen LogP contribution in [0.5, 0.6) is 0 Å². The molecule has 0 saturated heterocycles. The van der Waals surface area contributed by atoms with Gasteiger partial charge in [0, 0.05) is 0 Å². The summed E-state index contributed by atoms with van der Waals surface area (Å²) in [4.78, 5) is 0. The molecule has 0 amide bonds. The van der Waals surface area contributed by atoms with Crippen LogP contribution >= 0.6 is 0 Å². The number of imidazole rings is 1. The summed E-state index contributed by atoms with van der Waals surface area (Å²) < 4.78 is 12.0. The number of nitrogens with zero attached hydrogens (tertiary/aromatic N) is 2. The average molecular weight is 516 g/mol. The summed E-state index contributed by atoms with van der Waals surface area (Å²) in [5.74, 6) is 0. The topological polar surface area (TPSA) is 8.81 Å².